The van der Waals surface area contributed by atoms with Crippen LogP contribution < -0.4 is 20.3 Å². The first-order valence-electron chi connectivity index (χ1n) is 11.1. The zero-order valence-corrected chi connectivity index (χ0v) is 21.9. The third-order valence-corrected chi connectivity index (χ3v) is 6.85. The molecule has 1 amide bonds. The van der Waals surface area contributed by atoms with Crippen molar-refractivity contribution in [2.45, 2.75) is 37.9 Å². The summed E-state index contributed by atoms with van der Waals surface area (Å²) in [5.41, 5.74) is 2.29. The topological polar surface area (TPSA) is 128 Å². The Kier molecular flexibility index (Phi) is 10.2. The standard InChI is InChI=1S/C21H27ClN4O3S.C2HF3O2/c1-14(2)24-21(27)16-5-7-20(26-10-8-23-9-11-26)19(12-16)25-30(28,29)17-6-4-15(3)18(22)13-17;3-2(4,5)1(6)7/h4-7,12-14,23,25H,8-11H2,1-3H3,(H,24,27);(H,6,7). The van der Waals surface area contributed by atoms with Gasteiger partial charge in [0, 0.05) is 42.8 Å². The highest BCUT2D eigenvalue weighted by atomic mass is 35.5. The maximum absolute atomic E-state index is 13.1. The molecule has 0 atom stereocenters. The van der Waals surface area contributed by atoms with E-state index in [0.29, 0.717) is 16.3 Å². The molecule has 1 aliphatic rings. The predicted molar refractivity (Wildman–Crippen MR) is 135 cm³/mol. The number of piperazine rings is 1. The summed E-state index contributed by atoms with van der Waals surface area (Å²) >= 11 is 6.13. The number of carbonyl (C=O) groups is 2. The Labute approximate surface area is 218 Å². The van der Waals surface area contributed by atoms with Gasteiger partial charge in [0.1, 0.15) is 0 Å². The van der Waals surface area contributed by atoms with Gasteiger partial charge in [0.25, 0.3) is 15.9 Å². The van der Waals surface area contributed by atoms with Crippen molar-refractivity contribution in [3.8, 4) is 0 Å². The van der Waals surface area contributed by atoms with E-state index in [9.17, 15) is 26.4 Å². The van der Waals surface area contributed by atoms with Crippen LogP contribution in [-0.4, -0.2) is 63.8 Å². The summed E-state index contributed by atoms with van der Waals surface area (Å²) in [6, 6.07) is 9.68. The summed E-state index contributed by atoms with van der Waals surface area (Å²) in [6.07, 6.45) is -5.08. The number of nitrogens with zero attached hydrogens (tertiary/aromatic N) is 1. The van der Waals surface area contributed by atoms with Gasteiger partial charge in [-0.15, -0.1) is 0 Å². The number of amides is 1. The van der Waals surface area contributed by atoms with Gasteiger partial charge in [-0.05, 0) is 56.7 Å². The predicted octanol–water partition coefficient (Wildman–Crippen LogP) is 3.63. The summed E-state index contributed by atoms with van der Waals surface area (Å²) in [5.74, 6) is -3.01. The van der Waals surface area contributed by atoms with Crippen LogP contribution in [0.5, 0.6) is 0 Å². The molecule has 204 valence electrons. The van der Waals surface area contributed by atoms with E-state index < -0.39 is 22.2 Å². The quantitative estimate of drug-likeness (QED) is 0.422. The minimum atomic E-state index is -5.08. The first kappa shape index (κ1) is 30.2. The third kappa shape index (κ3) is 8.79. The number of halogens is 4. The van der Waals surface area contributed by atoms with Gasteiger partial charge in [-0.2, -0.15) is 13.2 Å². The number of alkyl halides is 3. The average molecular weight is 565 g/mol. The molecule has 0 aromatic heterocycles. The van der Waals surface area contributed by atoms with Crippen LogP contribution in [-0.2, 0) is 14.8 Å². The molecule has 0 unspecified atom stereocenters. The molecule has 1 heterocycles. The zero-order valence-electron chi connectivity index (χ0n) is 20.3. The van der Waals surface area contributed by atoms with E-state index in [1.54, 1.807) is 24.3 Å². The third-order valence-electron chi connectivity index (χ3n) is 5.08. The minimum Gasteiger partial charge on any atom is -0.475 e. The molecule has 0 radical (unpaired) electrons. The lowest BCUT2D eigenvalue weighted by molar-refractivity contribution is -0.192. The van der Waals surface area contributed by atoms with Crippen molar-refractivity contribution >= 4 is 44.9 Å². The van der Waals surface area contributed by atoms with Gasteiger partial charge < -0.3 is 20.6 Å². The number of anilines is 2. The first-order valence-corrected chi connectivity index (χ1v) is 13.0. The largest absolute Gasteiger partial charge is 0.490 e. The SMILES string of the molecule is Cc1ccc(S(=O)(=O)Nc2cc(C(=O)NC(C)C)ccc2N2CCNCC2)cc1Cl.O=C(O)C(F)(F)F. The second-order valence-corrected chi connectivity index (χ2v) is 10.5. The molecule has 4 N–H and O–H groups in total. The van der Waals surface area contributed by atoms with Crippen LogP contribution in [0, 0.1) is 6.92 Å². The van der Waals surface area contributed by atoms with Gasteiger partial charge in [0.2, 0.25) is 0 Å². The van der Waals surface area contributed by atoms with Crippen LogP contribution in [0.2, 0.25) is 5.02 Å². The molecular formula is C23H28ClF3N4O5S. The van der Waals surface area contributed by atoms with Gasteiger partial charge >= 0.3 is 12.1 Å². The molecule has 0 saturated carbocycles. The molecule has 9 nitrogen and oxygen atoms in total. The molecule has 0 bridgehead atoms. The van der Waals surface area contributed by atoms with Crippen LogP contribution >= 0.6 is 11.6 Å². The highest BCUT2D eigenvalue weighted by Gasteiger charge is 2.38. The number of hydrogen-bond acceptors (Lipinski definition) is 6. The Morgan fingerprint density at radius 3 is 2.22 bits per heavy atom. The highest BCUT2D eigenvalue weighted by Crippen LogP contribution is 2.31. The van der Waals surface area contributed by atoms with E-state index in [-0.39, 0.29) is 16.8 Å². The van der Waals surface area contributed by atoms with Crippen LogP contribution in [0.15, 0.2) is 41.3 Å². The molecule has 3 rings (SSSR count). The first-order chi connectivity index (χ1) is 17.1. The fourth-order valence-corrected chi connectivity index (χ4v) is 4.57. The number of carbonyl (C=O) groups excluding carboxylic acids is 1. The van der Waals surface area contributed by atoms with Gasteiger partial charge in [-0.1, -0.05) is 17.7 Å². The van der Waals surface area contributed by atoms with E-state index in [1.807, 2.05) is 20.8 Å². The van der Waals surface area contributed by atoms with Gasteiger partial charge in [-0.25, -0.2) is 13.2 Å². The van der Waals surface area contributed by atoms with Crippen molar-refractivity contribution in [1.29, 1.82) is 0 Å². The van der Waals surface area contributed by atoms with Gasteiger partial charge in [-0.3, -0.25) is 9.52 Å². The number of aryl methyl sites for hydroxylation is 1. The average Bonchev–Trinajstić information content (AvgIpc) is 2.80. The molecule has 1 aliphatic heterocycles. The molecule has 1 fully saturated rings. The molecular weight excluding hydrogens is 537 g/mol. The number of nitrogens with one attached hydrogen (secondary N) is 3. The number of sulfonamides is 1. The maximum Gasteiger partial charge on any atom is 0.490 e. The Morgan fingerprint density at radius 2 is 1.70 bits per heavy atom. The van der Waals surface area contributed by atoms with Crippen LogP contribution in [0.3, 0.4) is 0 Å². The normalized spacial score (nSPS) is 14.0. The summed E-state index contributed by atoms with van der Waals surface area (Å²) in [4.78, 5) is 23.5. The number of benzene rings is 2. The molecule has 1 saturated heterocycles. The van der Waals surface area contributed by atoms with E-state index in [1.165, 1.54) is 12.1 Å². The Bertz CT molecular complexity index is 1230. The fraction of sp³-hybridized carbons (Fsp3) is 0.391. The lowest BCUT2D eigenvalue weighted by atomic mass is 10.1. The zero-order chi connectivity index (χ0) is 28.0. The maximum atomic E-state index is 13.1. The number of rotatable bonds is 6. The smallest absolute Gasteiger partial charge is 0.475 e. The number of hydrogen-bond donors (Lipinski definition) is 4. The van der Waals surface area contributed by atoms with Gasteiger partial charge in [0.15, 0.2) is 0 Å². The summed E-state index contributed by atoms with van der Waals surface area (Å²) < 4.78 is 60.5. The Hall–Kier alpha value is -3.03. The van der Waals surface area contributed by atoms with Crippen molar-refractivity contribution in [2.75, 3.05) is 35.8 Å². The van der Waals surface area contributed by atoms with Crippen molar-refractivity contribution < 1.29 is 36.3 Å². The molecule has 37 heavy (non-hydrogen) atoms. The molecule has 0 spiro atoms. The van der Waals surface area contributed by atoms with Crippen LogP contribution in [0.25, 0.3) is 0 Å². The second kappa shape index (κ2) is 12.5. The van der Waals surface area contributed by atoms with Crippen molar-refractivity contribution in [2.24, 2.45) is 0 Å². The van der Waals surface area contributed by atoms with Crippen molar-refractivity contribution in [1.82, 2.24) is 10.6 Å². The van der Waals surface area contributed by atoms with E-state index in [2.05, 4.69) is 20.3 Å². The van der Waals surface area contributed by atoms with E-state index >= 15 is 0 Å². The number of aliphatic carboxylic acids is 1. The summed E-state index contributed by atoms with van der Waals surface area (Å²) in [7, 11) is -3.89. The number of carboxylic acid groups (broad SMARTS) is 1. The highest BCUT2D eigenvalue weighted by molar-refractivity contribution is 7.92. The van der Waals surface area contributed by atoms with Crippen LogP contribution in [0.1, 0.15) is 29.8 Å². The van der Waals surface area contributed by atoms with E-state index in [4.69, 9.17) is 21.5 Å². The monoisotopic (exact) mass is 564 g/mol. The van der Waals surface area contributed by atoms with E-state index in [0.717, 1.165) is 37.4 Å². The lowest BCUT2D eigenvalue weighted by Gasteiger charge is -2.31. The lowest BCUT2D eigenvalue weighted by Crippen LogP contribution is -2.43. The molecule has 2 aromatic carbocycles. The second-order valence-electron chi connectivity index (χ2n) is 8.42. The van der Waals surface area contributed by atoms with Crippen molar-refractivity contribution in [3.05, 3.63) is 52.5 Å². The number of carboxylic acids is 1. The summed E-state index contributed by atoms with van der Waals surface area (Å²) in [5, 5.41) is 13.6. The minimum absolute atomic E-state index is 0.0276. The van der Waals surface area contributed by atoms with Gasteiger partial charge in [0.05, 0.1) is 16.3 Å². The molecule has 0 aliphatic carbocycles. The molecule has 2 aromatic rings. The Morgan fingerprint density at radius 1 is 1.11 bits per heavy atom. The fourth-order valence-electron chi connectivity index (χ4n) is 3.23. The van der Waals surface area contributed by atoms with Crippen LogP contribution in [0.4, 0.5) is 24.5 Å². The van der Waals surface area contributed by atoms with Crippen molar-refractivity contribution in [3.63, 3.8) is 0 Å². The summed E-state index contributed by atoms with van der Waals surface area (Å²) in [6.45, 7) is 8.64. The molecule has 14 heteroatoms. The Balaban J connectivity index is 0.000000604.